The predicted octanol–water partition coefficient (Wildman–Crippen LogP) is 2.59. The van der Waals surface area contributed by atoms with Gasteiger partial charge in [-0.25, -0.2) is 0 Å². The third-order valence-corrected chi connectivity index (χ3v) is 4.87. The lowest BCUT2D eigenvalue weighted by Crippen LogP contribution is -2.50. The second-order valence-electron chi connectivity index (χ2n) is 5.90. The van der Waals surface area contributed by atoms with E-state index in [9.17, 15) is 9.59 Å². The highest BCUT2D eigenvalue weighted by molar-refractivity contribution is 7.98. The van der Waals surface area contributed by atoms with E-state index >= 15 is 0 Å². The van der Waals surface area contributed by atoms with Crippen LogP contribution in [0.2, 0.25) is 0 Å². The Morgan fingerprint density at radius 2 is 1.80 bits per heavy atom. The van der Waals surface area contributed by atoms with Crippen molar-refractivity contribution in [3.63, 3.8) is 0 Å². The van der Waals surface area contributed by atoms with Gasteiger partial charge >= 0.3 is 0 Å². The lowest BCUT2D eigenvalue weighted by atomic mass is 9.94. The first kappa shape index (κ1) is 21.1. The van der Waals surface area contributed by atoms with Gasteiger partial charge in [0.15, 0.2) is 0 Å². The van der Waals surface area contributed by atoms with Crippen molar-refractivity contribution in [1.82, 2.24) is 10.2 Å². The lowest BCUT2D eigenvalue weighted by molar-refractivity contribution is -0.124. The van der Waals surface area contributed by atoms with Crippen LogP contribution in [0.3, 0.4) is 0 Å². The summed E-state index contributed by atoms with van der Waals surface area (Å²) in [7, 11) is 1.73. The first-order valence-electron chi connectivity index (χ1n) is 8.29. The third-order valence-electron chi connectivity index (χ3n) is 4.07. The van der Waals surface area contributed by atoms with Gasteiger partial charge in [-0.1, -0.05) is 31.9 Å². The summed E-state index contributed by atoms with van der Waals surface area (Å²) in [5, 5.41) is 5.78. The molecule has 1 rings (SSSR count). The number of thioether (sulfide) groups is 1. The Labute approximate surface area is 154 Å². The average Bonchev–Trinajstić information content (AvgIpc) is 2.60. The summed E-state index contributed by atoms with van der Waals surface area (Å²) in [5.41, 5.74) is 0.165. The minimum absolute atomic E-state index is 0.112. The number of amides is 2. The fourth-order valence-corrected chi connectivity index (χ4v) is 3.01. The van der Waals surface area contributed by atoms with E-state index in [4.69, 9.17) is 6.42 Å². The van der Waals surface area contributed by atoms with Gasteiger partial charge in [-0.2, -0.15) is 0 Å². The smallest absolute Gasteiger partial charge is 0.238 e. The summed E-state index contributed by atoms with van der Waals surface area (Å²) in [6, 6.07) is 7.62. The molecule has 5 nitrogen and oxygen atoms in total. The van der Waals surface area contributed by atoms with Crippen LogP contribution in [0.1, 0.15) is 26.7 Å². The number of para-hydroxylation sites is 1. The van der Waals surface area contributed by atoms with Crippen LogP contribution in [-0.2, 0) is 9.59 Å². The van der Waals surface area contributed by atoms with E-state index in [1.165, 1.54) is 0 Å². The van der Waals surface area contributed by atoms with Crippen molar-refractivity contribution >= 4 is 29.3 Å². The number of carbonyl (C=O) groups is 2. The van der Waals surface area contributed by atoms with Gasteiger partial charge in [-0.15, -0.1) is 18.2 Å². The molecule has 0 atom stereocenters. The molecule has 25 heavy (non-hydrogen) atoms. The monoisotopic (exact) mass is 361 g/mol. The molecule has 0 aliphatic carbocycles. The molecule has 0 radical (unpaired) electrons. The molecule has 0 aliphatic heterocycles. The van der Waals surface area contributed by atoms with Crippen molar-refractivity contribution in [3.05, 3.63) is 24.3 Å². The number of nitrogens with one attached hydrogen (secondary N) is 2. The van der Waals surface area contributed by atoms with E-state index in [1.54, 1.807) is 23.7 Å². The predicted molar refractivity (Wildman–Crippen MR) is 105 cm³/mol. The normalized spacial score (nSPS) is 11.0. The van der Waals surface area contributed by atoms with Gasteiger partial charge in [0.25, 0.3) is 0 Å². The van der Waals surface area contributed by atoms with Gasteiger partial charge in [0, 0.05) is 4.90 Å². The molecular formula is C19H27N3O2S. The summed E-state index contributed by atoms with van der Waals surface area (Å²) in [4.78, 5) is 27.1. The number of nitrogens with zero attached hydrogens (tertiary/aromatic N) is 1. The Balaban J connectivity index is 2.56. The van der Waals surface area contributed by atoms with Crippen LogP contribution in [0.25, 0.3) is 0 Å². The summed E-state index contributed by atoms with van der Waals surface area (Å²) < 4.78 is 0. The molecule has 2 N–H and O–H groups in total. The molecule has 1 aromatic rings. The maximum Gasteiger partial charge on any atom is 0.238 e. The van der Waals surface area contributed by atoms with Crippen LogP contribution < -0.4 is 10.6 Å². The molecule has 6 heteroatoms. The van der Waals surface area contributed by atoms with E-state index in [0.29, 0.717) is 12.8 Å². The Morgan fingerprint density at radius 3 is 2.36 bits per heavy atom. The zero-order valence-electron chi connectivity index (χ0n) is 15.4. The van der Waals surface area contributed by atoms with Crippen LogP contribution >= 0.6 is 11.8 Å². The SMILES string of the molecule is C#CC(CC)(CC)NC(=O)CN(C)CC(=O)Nc1ccccc1SC. The average molecular weight is 362 g/mol. The van der Waals surface area contributed by atoms with Crippen molar-refractivity contribution in [1.29, 1.82) is 0 Å². The van der Waals surface area contributed by atoms with Crippen LogP contribution in [0.15, 0.2) is 29.2 Å². The van der Waals surface area contributed by atoms with Gasteiger partial charge in [-0.3, -0.25) is 14.5 Å². The number of rotatable bonds is 9. The molecule has 0 saturated heterocycles. The molecule has 2 amide bonds. The highest BCUT2D eigenvalue weighted by atomic mass is 32.2. The fraction of sp³-hybridized carbons (Fsp3) is 0.474. The third kappa shape index (κ3) is 6.45. The molecule has 0 bridgehead atoms. The molecule has 0 aromatic heterocycles. The van der Waals surface area contributed by atoms with Crippen molar-refractivity contribution in [2.45, 2.75) is 37.1 Å². The van der Waals surface area contributed by atoms with Gasteiger partial charge in [0.05, 0.1) is 18.8 Å². The van der Waals surface area contributed by atoms with Crippen LogP contribution in [0, 0.1) is 12.3 Å². The number of anilines is 1. The molecule has 0 unspecified atom stereocenters. The number of terminal acetylenes is 1. The molecule has 0 fully saturated rings. The minimum Gasteiger partial charge on any atom is -0.339 e. The van der Waals surface area contributed by atoms with E-state index in [0.717, 1.165) is 10.6 Å². The zero-order chi connectivity index (χ0) is 18.9. The maximum absolute atomic E-state index is 12.2. The minimum atomic E-state index is -0.614. The Bertz CT molecular complexity index is 636. The van der Waals surface area contributed by atoms with Crippen molar-refractivity contribution in [2.24, 2.45) is 0 Å². The summed E-state index contributed by atoms with van der Waals surface area (Å²) in [6.45, 7) is 4.13. The number of hydrogen-bond acceptors (Lipinski definition) is 4. The molecule has 0 saturated carbocycles. The first-order chi connectivity index (χ1) is 11.9. The maximum atomic E-state index is 12.2. The largest absolute Gasteiger partial charge is 0.339 e. The van der Waals surface area contributed by atoms with Gasteiger partial charge < -0.3 is 10.6 Å². The summed E-state index contributed by atoms with van der Waals surface area (Å²) >= 11 is 1.57. The Hall–Kier alpha value is -1.97. The first-order valence-corrected chi connectivity index (χ1v) is 9.52. The second-order valence-corrected chi connectivity index (χ2v) is 6.75. The highest BCUT2D eigenvalue weighted by Crippen LogP contribution is 2.24. The Morgan fingerprint density at radius 1 is 1.20 bits per heavy atom. The number of benzene rings is 1. The van der Waals surface area contributed by atoms with Crippen LogP contribution in [0.5, 0.6) is 0 Å². The van der Waals surface area contributed by atoms with Gasteiger partial charge in [0.2, 0.25) is 11.8 Å². The van der Waals surface area contributed by atoms with E-state index in [-0.39, 0.29) is 24.9 Å². The second kappa shape index (κ2) is 10.1. The Kier molecular flexibility index (Phi) is 8.53. The van der Waals surface area contributed by atoms with Crippen LogP contribution in [-0.4, -0.2) is 48.6 Å². The van der Waals surface area contributed by atoms with Crippen LogP contribution in [0.4, 0.5) is 5.69 Å². The topological polar surface area (TPSA) is 61.4 Å². The van der Waals surface area contributed by atoms with E-state index in [2.05, 4.69) is 16.6 Å². The lowest BCUT2D eigenvalue weighted by Gasteiger charge is -2.28. The number of likely N-dealkylation sites (N-methyl/N-ethyl adjacent to an activating group) is 1. The standard InChI is InChI=1S/C19H27N3O2S/c1-6-19(7-2,8-3)21-18(24)14-22(4)13-17(23)20-15-11-9-10-12-16(15)25-5/h1,9-12H,7-8,13-14H2,2-5H3,(H,20,23)(H,21,24). The number of hydrogen-bond donors (Lipinski definition) is 2. The molecule has 0 aliphatic rings. The van der Waals surface area contributed by atoms with Gasteiger partial charge in [0.1, 0.15) is 5.54 Å². The summed E-state index contributed by atoms with van der Waals surface area (Å²) in [6.07, 6.45) is 8.85. The summed E-state index contributed by atoms with van der Waals surface area (Å²) in [5.74, 6) is 2.33. The zero-order valence-corrected chi connectivity index (χ0v) is 16.2. The van der Waals surface area contributed by atoms with Crippen molar-refractivity contribution < 1.29 is 9.59 Å². The molecule has 136 valence electrons. The molecular weight excluding hydrogens is 334 g/mol. The van der Waals surface area contributed by atoms with Crippen molar-refractivity contribution in [2.75, 3.05) is 31.7 Å². The van der Waals surface area contributed by atoms with E-state index < -0.39 is 5.54 Å². The quantitative estimate of drug-likeness (QED) is 0.524. The van der Waals surface area contributed by atoms with Crippen molar-refractivity contribution in [3.8, 4) is 12.3 Å². The van der Waals surface area contributed by atoms with E-state index in [1.807, 2.05) is 44.4 Å². The molecule has 0 heterocycles. The highest BCUT2D eigenvalue weighted by Gasteiger charge is 2.25. The molecule has 1 aromatic carbocycles. The molecule has 0 spiro atoms. The van der Waals surface area contributed by atoms with Gasteiger partial charge in [-0.05, 0) is 38.3 Å². The number of carbonyl (C=O) groups excluding carboxylic acids is 2. The fourth-order valence-electron chi connectivity index (χ4n) is 2.46.